The van der Waals surface area contributed by atoms with E-state index in [-0.39, 0.29) is 23.6 Å². The molecule has 3 N–H and O–H groups in total. The van der Waals surface area contributed by atoms with Crippen LogP contribution in [0.2, 0.25) is 5.02 Å². The third-order valence-corrected chi connectivity index (χ3v) is 4.86. The second kappa shape index (κ2) is 9.61. The van der Waals surface area contributed by atoms with Gasteiger partial charge in [-0.3, -0.25) is 9.59 Å². The van der Waals surface area contributed by atoms with E-state index in [1.807, 2.05) is 0 Å². The minimum atomic E-state index is -3.90. The average Bonchev–Trinajstić information content (AvgIpc) is 2.52. The average molecular weight is 376 g/mol. The van der Waals surface area contributed by atoms with Crippen LogP contribution < -0.4 is 15.4 Å². The quantitative estimate of drug-likeness (QED) is 0.599. The Morgan fingerprint density at radius 2 is 1.67 bits per heavy atom. The van der Waals surface area contributed by atoms with Gasteiger partial charge in [0.1, 0.15) is 6.04 Å². The normalized spacial score (nSPS) is 12.5. The van der Waals surface area contributed by atoms with E-state index < -0.39 is 22.0 Å². The first kappa shape index (κ1) is 20.4. The fraction of sp³-hybridized carbons (Fsp3) is 0.467. The Hall–Kier alpha value is -1.64. The van der Waals surface area contributed by atoms with E-state index in [1.54, 1.807) is 13.8 Å². The molecule has 1 aromatic carbocycles. The molecule has 0 saturated heterocycles. The van der Waals surface area contributed by atoms with Crippen LogP contribution in [0.1, 0.15) is 26.7 Å². The van der Waals surface area contributed by atoms with E-state index >= 15 is 0 Å². The third kappa shape index (κ3) is 6.46. The van der Waals surface area contributed by atoms with E-state index in [0.717, 1.165) is 0 Å². The highest BCUT2D eigenvalue weighted by atomic mass is 35.5. The van der Waals surface area contributed by atoms with Crippen molar-refractivity contribution in [3.05, 3.63) is 29.3 Å². The summed E-state index contributed by atoms with van der Waals surface area (Å²) in [7, 11) is -3.90. The van der Waals surface area contributed by atoms with Crippen molar-refractivity contribution >= 4 is 33.4 Å². The maximum Gasteiger partial charge on any atom is 0.241 e. The second-order valence-corrected chi connectivity index (χ2v) is 7.16. The van der Waals surface area contributed by atoms with Crippen LogP contribution in [-0.4, -0.2) is 39.4 Å². The number of sulfonamides is 1. The molecule has 0 radical (unpaired) electrons. The van der Waals surface area contributed by atoms with Gasteiger partial charge in [0.25, 0.3) is 0 Å². The Balaban J connectivity index is 2.88. The van der Waals surface area contributed by atoms with Gasteiger partial charge in [0.2, 0.25) is 21.8 Å². The summed E-state index contributed by atoms with van der Waals surface area (Å²) in [5.41, 5.74) is 0. The maximum atomic E-state index is 12.4. The van der Waals surface area contributed by atoms with Gasteiger partial charge in [0.05, 0.1) is 4.90 Å². The molecule has 9 heteroatoms. The summed E-state index contributed by atoms with van der Waals surface area (Å²) in [5.74, 6) is -0.711. The SMILES string of the molecule is CCNC(=O)CC[C@H](NS(=O)(=O)c1ccc(Cl)cc1)C(=O)NCC. The van der Waals surface area contributed by atoms with Gasteiger partial charge in [0.15, 0.2) is 0 Å². The minimum Gasteiger partial charge on any atom is -0.356 e. The van der Waals surface area contributed by atoms with E-state index in [2.05, 4.69) is 15.4 Å². The molecular formula is C15H22ClN3O4S. The van der Waals surface area contributed by atoms with Crippen molar-refractivity contribution in [2.75, 3.05) is 13.1 Å². The number of carbonyl (C=O) groups excluding carboxylic acids is 2. The molecule has 0 fully saturated rings. The summed E-state index contributed by atoms with van der Waals surface area (Å²) < 4.78 is 27.1. The Morgan fingerprint density at radius 3 is 2.21 bits per heavy atom. The zero-order valence-electron chi connectivity index (χ0n) is 13.6. The standard InChI is InChI=1S/C15H22ClN3O4S/c1-3-17-14(20)10-9-13(15(21)18-4-2)19-24(22,23)12-7-5-11(16)6-8-12/h5-8,13,19H,3-4,9-10H2,1-2H3,(H,17,20)(H,18,21)/t13-/m0/s1. The molecular weight excluding hydrogens is 354 g/mol. The Bertz CT molecular complexity index is 662. The van der Waals surface area contributed by atoms with Crippen LogP contribution in [0.3, 0.4) is 0 Å². The number of hydrogen-bond acceptors (Lipinski definition) is 4. The largest absolute Gasteiger partial charge is 0.356 e. The number of hydrogen-bond donors (Lipinski definition) is 3. The van der Waals surface area contributed by atoms with Crippen LogP contribution in [0.25, 0.3) is 0 Å². The highest BCUT2D eigenvalue weighted by Gasteiger charge is 2.25. The van der Waals surface area contributed by atoms with Crippen molar-refractivity contribution in [1.29, 1.82) is 0 Å². The Kier molecular flexibility index (Phi) is 8.17. The maximum absolute atomic E-state index is 12.4. The zero-order chi connectivity index (χ0) is 18.2. The lowest BCUT2D eigenvalue weighted by atomic mass is 10.1. The minimum absolute atomic E-state index is 0.000733. The molecule has 0 aliphatic carbocycles. The number of carbonyl (C=O) groups is 2. The smallest absolute Gasteiger partial charge is 0.241 e. The molecule has 1 rings (SSSR count). The van der Waals surface area contributed by atoms with Crippen molar-refractivity contribution in [2.24, 2.45) is 0 Å². The lowest BCUT2D eigenvalue weighted by molar-refractivity contribution is -0.123. The molecule has 0 spiro atoms. The Labute approximate surface area is 147 Å². The summed E-state index contributed by atoms with van der Waals surface area (Å²) in [4.78, 5) is 23.7. The number of nitrogens with one attached hydrogen (secondary N) is 3. The first-order chi connectivity index (χ1) is 11.3. The molecule has 0 aliphatic rings. The van der Waals surface area contributed by atoms with E-state index in [4.69, 9.17) is 11.6 Å². The number of halogens is 1. The van der Waals surface area contributed by atoms with Crippen molar-refractivity contribution in [3.63, 3.8) is 0 Å². The lowest BCUT2D eigenvalue weighted by Crippen LogP contribution is -2.47. The molecule has 0 heterocycles. The summed E-state index contributed by atoms with van der Waals surface area (Å²) >= 11 is 5.75. The summed E-state index contributed by atoms with van der Waals surface area (Å²) in [6.07, 6.45) is 0.100. The summed E-state index contributed by atoms with van der Waals surface area (Å²) in [6.45, 7) is 4.34. The van der Waals surface area contributed by atoms with E-state index in [1.165, 1.54) is 24.3 Å². The number of rotatable bonds is 9. The first-order valence-corrected chi connectivity index (χ1v) is 9.48. The predicted molar refractivity (Wildman–Crippen MR) is 92.2 cm³/mol. The van der Waals surface area contributed by atoms with Crippen molar-refractivity contribution in [2.45, 2.75) is 37.6 Å². The highest BCUT2D eigenvalue weighted by molar-refractivity contribution is 7.89. The van der Waals surface area contributed by atoms with Crippen LogP contribution >= 0.6 is 11.6 Å². The molecule has 0 aromatic heterocycles. The molecule has 0 aliphatic heterocycles. The van der Waals surface area contributed by atoms with Gasteiger partial charge in [-0.2, -0.15) is 4.72 Å². The predicted octanol–water partition coefficient (Wildman–Crippen LogP) is 1.04. The van der Waals surface area contributed by atoms with Crippen LogP contribution in [0, 0.1) is 0 Å². The molecule has 0 bridgehead atoms. The highest BCUT2D eigenvalue weighted by Crippen LogP contribution is 2.15. The number of likely N-dealkylation sites (N-methyl/N-ethyl adjacent to an activating group) is 1. The van der Waals surface area contributed by atoms with Gasteiger partial charge >= 0.3 is 0 Å². The van der Waals surface area contributed by atoms with Crippen molar-refractivity contribution < 1.29 is 18.0 Å². The lowest BCUT2D eigenvalue weighted by Gasteiger charge is -2.18. The van der Waals surface area contributed by atoms with Gasteiger partial charge in [-0.15, -0.1) is 0 Å². The molecule has 24 heavy (non-hydrogen) atoms. The van der Waals surface area contributed by atoms with Crippen molar-refractivity contribution in [1.82, 2.24) is 15.4 Å². The summed E-state index contributed by atoms with van der Waals surface area (Å²) in [5, 5.41) is 5.58. The molecule has 1 aromatic rings. The number of amides is 2. The van der Waals surface area contributed by atoms with Crippen LogP contribution in [0.4, 0.5) is 0 Å². The molecule has 1 atom stereocenters. The third-order valence-electron chi connectivity index (χ3n) is 3.12. The van der Waals surface area contributed by atoms with E-state index in [9.17, 15) is 18.0 Å². The second-order valence-electron chi connectivity index (χ2n) is 5.01. The van der Waals surface area contributed by atoms with Gasteiger partial charge in [-0.1, -0.05) is 11.6 Å². The van der Waals surface area contributed by atoms with Crippen LogP contribution in [-0.2, 0) is 19.6 Å². The number of benzene rings is 1. The zero-order valence-corrected chi connectivity index (χ0v) is 15.2. The molecule has 7 nitrogen and oxygen atoms in total. The van der Waals surface area contributed by atoms with Crippen LogP contribution in [0.15, 0.2) is 29.2 Å². The molecule has 2 amide bonds. The molecule has 0 unspecified atom stereocenters. The summed E-state index contributed by atoms with van der Waals surface area (Å²) in [6, 6.07) is 4.57. The molecule has 134 valence electrons. The fourth-order valence-corrected chi connectivity index (χ4v) is 3.33. The fourth-order valence-electron chi connectivity index (χ4n) is 1.97. The van der Waals surface area contributed by atoms with Crippen molar-refractivity contribution in [3.8, 4) is 0 Å². The topological polar surface area (TPSA) is 104 Å². The molecule has 0 saturated carbocycles. The van der Waals surface area contributed by atoms with Gasteiger partial charge < -0.3 is 10.6 Å². The van der Waals surface area contributed by atoms with Gasteiger partial charge in [-0.05, 0) is 44.5 Å². The van der Waals surface area contributed by atoms with E-state index in [0.29, 0.717) is 18.1 Å². The van der Waals surface area contributed by atoms with Gasteiger partial charge in [0, 0.05) is 24.5 Å². The Morgan fingerprint density at radius 1 is 1.08 bits per heavy atom. The van der Waals surface area contributed by atoms with Crippen LogP contribution in [0.5, 0.6) is 0 Å². The first-order valence-electron chi connectivity index (χ1n) is 7.62. The van der Waals surface area contributed by atoms with Gasteiger partial charge in [-0.25, -0.2) is 8.42 Å². The monoisotopic (exact) mass is 375 g/mol.